The van der Waals surface area contributed by atoms with Crippen LogP contribution in [0, 0.1) is 5.82 Å². The maximum Gasteiger partial charge on any atom is 0.408 e. The van der Waals surface area contributed by atoms with Gasteiger partial charge >= 0.3 is 6.09 Å². The molecule has 2 rings (SSSR count). The van der Waals surface area contributed by atoms with E-state index in [-0.39, 0.29) is 24.7 Å². The van der Waals surface area contributed by atoms with Gasteiger partial charge in [0, 0.05) is 17.8 Å². The minimum Gasteiger partial charge on any atom is -0.444 e. The van der Waals surface area contributed by atoms with Crippen molar-refractivity contribution in [3.05, 3.63) is 59.9 Å². The Morgan fingerprint density at radius 3 is 2.13 bits per heavy atom. The van der Waals surface area contributed by atoms with E-state index in [4.69, 9.17) is 4.74 Å². The first-order valence-electron chi connectivity index (χ1n) is 9.52. The molecule has 0 saturated heterocycles. The van der Waals surface area contributed by atoms with Gasteiger partial charge in [0.2, 0.25) is 11.8 Å². The molecule has 160 valence electrons. The molecule has 0 radical (unpaired) electrons. The Morgan fingerprint density at radius 1 is 0.933 bits per heavy atom. The summed E-state index contributed by atoms with van der Waals surface area (Å²) in [7, 11) is 0. The molecule has 0 aromatic heterocycles. The number of amides is 3. The molecule has 7 nitrogen and oxygen atoms in total. The number of halogens is 1. The Morgan fingerprint density at radius 2 is 1.53 bits per heavy atom. The van der Waals surface area contributed by atoms with Crippen LogP contribution in [0.15, 0.2) is 48.5 Å². The van der Waals surface area contributed by atoms with Gasteiger partial charge < -0.3 is 20.7 Å². The lowest BCUT2D eigenvalue weighted by atomic mass is 10.1. The molecule has 0 aliphatic heterocycles. The highest BCUT2D eigenvalue weighted by Crippen LogP contribution is 2.16. The highest BCUT2D eigenvalue weighted by atomic mass is 19.1. The zero-order valence-corrected chi connectivity index (χ0v) is 17.3. The fraction of sp³-hybridized carbons (Fsp3) is 0.318. The molecule has 0 saturated carbocycles. The first kappa shape index (κ1) is 22.9. The van der Waals surface area contributed by atoms with Gasteiger partial charge in [-0.25, -0.2) is 9.18 Å². The standard InChI is InChI=1S/C22H26FN3O4/c1-22(2,3)30-21(29)24-14-20(28)26-18-6-4-5-17(13-18)25-19(27)12-9-15-7-10-16(23)11-8-15/h4-8,10-11,13H,9,12,14H2,1-3H3,(H,24,29)(H,25,27)(H,26,28). The number of rotatable bonds is 7. The van der Waals surface area contributed by atoms with Crippen molar-refractivity contribution in [1.82, 2.24) is 5.32 Å². The van der Waals surface area contributed by atoms with E-state index in [1.165, 1.54) is 12.1 Å². The van der Waals surface area contributed by atoms with E-state index in [2.05, 4.69) is 16.0 Å². The Labute approximate surface area is 175 Å². The average molecular weight is 415 g/mol. The number of alkyl carbamates (subject to hydrolysis) is 1. The van der Waals surface area contributed by atoms with E-state index in [1.54, 1.807) is 57.2 Å². The molecule has 0 aliphatic carbocycles. The van der Waals surface area contributed by atoms with Gasteiger partial charge in [-0.2, -0.15) is 0 Å². The van der Waals surface area contributed by atoms with Crippen molar-refractivity contribution in [3.8, 4) is 0 Å². The van der Waals surface area contributed by atoms with Crippen molar-refractivity contribution in [1.29, 1.82) is 0 Å². The molecular weight excluding hydrogens is 389 g/mol. The molecule has 0 bridgehead atoms. The van der Waals surface area contributed by atoms with Crippen molar-refractivity contribution in [2.45, 2.75) is 39.2 Å². The molecule has 8 heteroatoms. The molecule has 0 unspecified atom stereocenters. The van der Waals surface area contributed by atoms with Crippen LogP contribution >= 0.6 is 0 Å². The predicted octanol–water partition coefficient (Wildman–Crippen LogP) is 3.86. The van der Waals surface area contributed by atoms with E-state index in [0.29, 0.717) is 17.8 Å². The Hall–Kier alpha value is -3.42. The molecule has 0 heterocycles. The SMILES string of the molecule is CC(C)(C)OC(=O)NCC(=O)Nc1cccc(NC(=O)CCc2ccc(F)cc2)c1. The Balaban J connectivity index is 1.80. The molecule has 3 amide bonds. The van der Waals surface area contributed by atoms with Crippen LogP contribution in [-0.2, 0) is 20.7 Å². The average Bonchev–Trinajstić information content (AvgIpc) is 2.65. The number of nitrogens with one attached hydrogen (secondary N) is 3. The van der Waals surface area contributed by atoms with E-state index >= 15 is 0 Å². The largest absolute Gasteiger partial charge is 0.444 e. The second-order valence-corrected chi connectivity index (χ2v) is 7.66. The summed E-state index contributed by atoms with van der Waals surface area (Å²) >= 11 is 0. The smallest absolute Gasteiger partial charge is 0.408 e. The van der Waals surface area contributed by atoms with Crippen molar-refractivity contribution >= 4 is 29.3 Å². The lowest BCUT2D eigenvalue weighted by molar-refractivity contribution is -0.116. The quantitative estimate of drug-likeness (QED) is 0.640. The number of ether oxygens (including phenoxy) is 1. The minimum absolute atomic E-state index is 0.200. The second-order valence-electron chi connectivity index (χ2n) is 7.66. The van der Waals surface area contributed by atoms with Crippen molar-refractivity contribution in [2.24, 2.45) is 0 Å². The van der Waals surface area contributed by atoms with Crippen LogP contribution in [0.4, 0.5) is 20.6 Å². The van der Waals surface area contributed by atoms with Crippen LogP contribution < -0.4 is 16.0 Å². The summed E-state index contributed by atoms with van der Waals surface area (Å²) in [5, 5.41) is 7.78. The summed E-state index contributed by atoms with van der Waals surface area (Å²) in [5.74, 6) is -0.946. The van der Waals surface area contributed by atoms with Crippen LogP contribution in [0.3, 0.4) is 0 Å². The number of aryl methyl sites for hydroxylation is 1. The molecular formula is C22H26FN3O4. The van der Waals surface area contributed by atoms with Crippen molar-refractivity contribution in [3.63, 3.8) is 0 Å². The third-order valence-electron chi connectivity index (χ3n) is 3.78. The summed E-state index contributed by atoms with van der Waals surface area (Å²) in [6, 6.07) is 12.7. The van der Waals surface area contributed by atoms with Gasteiger partial charge in [-0.15, -0.1) is 0 Å². The van der Waals surface area contributed by atoms with Gasteiger partial charge in [0.1, 0.15) is 18.0 Å². The third kappa shape index (κ3) is 8.72. The number of hydrogen-bond donors (Lipinski definition) is 3. The number of hydrogen-bond acceptors (Lipinski definition) is 4. The van der Waals surface area contributed by atoms with E-state index in [1.807, 2.05) is 0 Å². The van der Waals surface area contributed by atoms with Crippen molar-refractivity contribution < 1.29 is 23.5 Å². The second kappa shape index (κ2) is 10.4. The topological polar surface area (TPSA) is 96.5 Å². The number of carbonyl (C=O) groups excluding carboxylic acids is 3. The van der Waals surface area contributed by atoms with Crippen LogP contribution in [0.2, 0.25) is 0 Å². The highest BCUT2D eigenvalue weighted by Gasteiger charge is 2.16. The molecule has 30 heavy (non-hydrogen) atoms. The fourth-order valence-corrected chi connectivity index (χ4v) is 2.48. The zero-order chi connectivity index (χ0) is 22.1. The molecule has 0 aliphatic rings. The molecule has 2 aromatic carbocycles. The van der Waals surface area contributed by atoms with Crippen LogP contribution in [0.1, 0.15) is 32.8 Å². The lowest BCUT2D eigenvalue weighted by Gasteiger charge is -2.19. The maximum atomic E-state index is 12.9. The Kier molecular flexibility index (Phi) is 7.91. The van der Waals surface area contributed by atoms with E-state index in [0.717, 1.165) is 5.56 Å². The molecule has 2 aromatic rings. The van der Waals surface area contributed by atoms with Gasteiger partial charge in [-0.3, -0.25) is 9.59 Å². The number of anilines is 2. The summed E-state index contributed by atoms with van der Waals surface area (Å²) in [5.41, 5.74) is 1.22. The highest BCUT2D eigenvalue weighted by molar-refractivity contribution is 5.95. The summed E-state index contributed by atoms with van der Waals surface area (Å²) in [6.45, 7) is 4.94. The number of benzene rings is 2. The number of carbonyl (C=O) groups is 3. The maximum absolute atomic E-state index is 12.9. The van der Waals surface area contributed by atoms with Gasteiger partial charge in [-0.05, 0) is 63.1 Å². The molecule has 0 spiro atoms. The first-order valence-corrected chi connectivity index (χ1v) is 9.52. The minimum atomic E-state index is -0.681. The summed E-state index contributed by atoms with van der Waals surface area (Å²) in [6.07, 6.45) is 0.0424. The van der Waals surface area contributed by atoms with Gasteiger partial charge in [0.25, 0.3) is 0 Å². The first-order chi connectivity index (χ1) is 14.1. The monoisotopic (exact) mass is 415 g/mol. The van der Waals surface area contributed by atoms with Crippen molar-refractivity contribution in [2.75, 3.05) is 17.2 Å². The molecule has 0 fully saturated rings. The van der Waals surface area contributed by atoms with Gasteiger partial charge in [0.15, 0.2) is 0 Å². The van der Waals surface area contributed by atoms with Crippen LogP contribution in [0.25, 0.3) is 0 Å². The predicted molar refractivity (Wildman–Crippen MR) is 113 cm³/mol. The summed E-state index contributed by atoms with van der Waals surface area (Å²) in [4.78, 5) is 35.7. The lowest BCUT2D eigenvalue weighted by Crippen LogP contribution is -2.37. The molecule has 0 atom stereocenters. The van der Waals surface area contributed by atoms with Gasteiger partial charge in [0.05, 0.1) is 0 Å². The van der Waals surface area contributed by atoms with E-state index in [9.17, 15) is 18.8 Å². The zero-order valence-electron chi connectivity index (χ0n) is 17.3. The Bertz CT molecular complexity index is 892. The van der Waals surface area contributed by atoms with Crippen LogP contribution in [0.5, 0.6) is 0 Å². The fourth-order valence-electron chi connectivity index (χ4n) is 2.48. The summed E-state index contributed by atoms with van der Waals surface area (Å²) < 4.78 is 18.0. The third-order valence-corrected chi connectivity index (χ3v) is 3.78. The van der Waals surface area contributed by atoms with E-state index < -0.39 is 17.6 Å². The van der Waals surface area contributed by atoms with Gasteiger partial charge in [-0.1, -0.05) is 18.2 Å². The molecule has 3 N–H and O–H groups in total. The normalized spacial score (nSPS) is 10.8. The van der Waals surface area contributed by atoms with Crippen LogP contribution in [-0.4, -0.2) is 30.1 Å².